The molecule has 5 fully saturated rings. The fraction of sp³-hybridized carbons (Fsp3) is 0.895. The van der Waals surface area contributed by atoms with Gasteiger partial charge in [0, 0.05) is 25.0 Å². The lowest BCUT2D eigenvalue weighted by molar-refractivity contribution is -0.150. The average molecular weight is 334 g/mol. The Morgan fingerprint density at radius 1 is 1.08 bits per heavy atom. The van der Waals surface area contributed by atoms with Crippen LogP contribution in [0, 0.1) is 29.6 Å². The zero-order valence-electron chi connectivity index (χ0n) is 14.7. The van der Waals surface area contributed by atoms with Crippen molar-refractivity contribution in [1.82, 2.24) is 10.2 Å². The molecular formula is C19H30N2O3. The van der Waals surface area contributed by atoms with Gasteiger partial charge < -0.3 is 15.0 Å². The highest BCUT2D eigenvalue weighted by molar-refractivity contribution is 5.80. The van der Waals surface area contributed by atoms with Crippen LogP contribution in [0.25, 0.3) is 0 Å². The molecule has 1 saturated heterocycles. The number of ether oxygens (including phenoxy) is 1. The van der Waals surface area contributed by atoms with Crippen LogP contribution in [-0.4, -0.2) is 42.6 Å². The second-order valence-corrected chi connectivity index (χ2v) is 8.44. The molecule has 2 amide bonds. The van der Waals surface area contributed by atoms with Crippen molar-refractivity contribution in [2.45, 2.75) is 57.9 Å². The number of hydrogen-bond donors (Lipinski definition) is 1. The van der Waals surface area contributed by atoms with Crippen molar-refractivity contribution in [2.75, 3.05) is 19.7 Å². The van der Waals surface area contributed by atoms with Crippen molar-refractivity contribution in [3.8, 4) is 0 Å². The number of nitrogens with zero attached hydrogens (tertiary/aromatic N) is 1. The maximum atomic E-state index is 13.2. The Bertz CT molecular complexity index is 479. The molecule has 1 atom stereocenters. The number of likely N-dealkylation sites (tertiary alicyclic amines) is 1. The maximum Gasteiger partial charge on any atom is 0.407 e. The van der Waals surface area contributed by atoms with E-state index in [2.05, 4.69) is 5.32 Å². The third kappa shape index (κ3) is 3.02. The van der Waals surface area contributed by atoms with Crippen LogP contribution < -0.4 is 5.32 Å². The van der Waals surface area contributed by atoms with Gasteiger partial charge in [-0.3, -0.25) is 4.79 Å². The number of hydrogen-bond acceptors (Lipinski definition) is 3. The van der Waals surface area contributed by atoms with Crippen LogP contribution in [0.3, 0.4) is 0 Å². The quantitative estimate of drug-likeness (QED) is 0.863. The molecule has 24 heavy (non-hydrogen) atoms. The molecule has 4 saturated carbocycles. The third-order valence-electron chi connectivity index (χ3n) is 6.84. The second-order valence-electron chi connectivity index (χ2n) is 8.44. The molecule has 5 nitrogen and oxygen atoms in total. The van der Waals surface area contributed by atoms with E-state index in [9.17, 15) is 9.59 Å². The molecule has 5 aliphatic rings. The topological polar surface area (TPSA) is 58.6 Å². The fourth-order valence-corrected chi connectivity index (χ4v) is 6.17. The van der Waals surface area contributed by atoms with Gasteiger partial charge in [0.15, 0.2) is 0 Å². The molecular weight excluding hydrogens is 304 g/mol. The summed E-state index contributed by atoms with van der Waals surface area (Å²) in [5.74, 6) is 3.70. The predicted molar refractivity (Wildman–Crippen MR) is 90.3 cm³/mol. The number of rotatable bonds is 3. The van der Waals surface area contributed by atoms with Crippen molar-refractivity contribution in [3.63, 3.8) is 0 Å². The van der Waals surface area contributed by atoms with Crippen LogP contribution in [-0.2, 0) is 9.53 Å². The van der Waals surface area contributed by atoms with E-state index in [0.717, 1.165) is 31.2 Å². The summed E-state index contributed by atoms with van der Waals surface area (Å²) in [6.07, 6.45) is 8.09. The van der Waals surface area contributed by atoms with E-state index in [1.807, 2.05) is 11.8 Å². The van der Waals surface area contributed by atoms with Gasteiger partial charge in [-0.25, -0.2) is 4.79 Å². The van der Waals surface area contributed by atoms with E-state index in [1.54, 1.807) is 0 Å². The van der Waals surface area contributed by atoms with Gasteiger partial charge >= 0.3 is 6.09 Å². The molecule has 5 heteroatoms. The normalized spacial score (nSPS) is 40.5. The van der Waals surface area contributed by atoms with Gasteiger partial charge in [0.2, 0.25) is 5.91 Å². The lowest BCUT2D eigenvalue weighted by atomic mass is 9.51. The second kappa shape index (κ2) is 6.57. The van der Waals surface area contributed by atoms with E-state index in [-0.39, 0.29) is 18.1 Å². The van der Waals surface area contributed by atoms with Gasteiger partial charge in [-0.05, 0) is 75.5 Å². The number of carbonyl (C=O) groups is 2. The first-order valence-corrected chi connectivity index (χ1v) is 9.86. The first-order valence-electron chi connectivity index (χ1n) is 9.86. The Hall–Kier alpha value is -1.26. The van der Waals surface area contributed by atoms with E-state index in [0.29, 0.717) is 30.9 Å². The molecule has 0 aromatic heterocycles. The van der Waals surface area contributed by atoms with Gasteiger partial charge in [-0.2, -0.15) is 0 Å². The molecule has 4 bridgehead atoms. The number of nitrogens with one attached hydrogen (secondary N) is 1. The van der Waals surface area contributed by atoms with Gasteiger partial charge in [0.1, 0.15) is 0 Å². The molecule has 0 aromatic rings. The largest absolute Gasteiger partial charge is 0.450 e. The van der Waals surface area contributed by atoms with Crippen LogP contribution in [0.4, 0.5) is 4.79 Å². The molecule has 1 aliphatic heterocycles. The monoisotopic (exact) mass is 334 g/mol. The highest BCUT2D eigenvalue weighted by Gasteiger charge is 2.51. The number of alkyl carbamates (subject to hydrolysis) is 1. The Morgan fingerprint density at radius 3 is 2.38 bits per heavy atom. The van der Waals surface area contributed by atoms with Crippen molar-refractivity contribution < 1.29 is 14.3 Å². The predicted octanol–water partition coefficient (Wildman–Crippen LogP) is 2.80. The van der Waals surface area contributed by atoms with Gasteiger partial charge in [0.05, 0.1) is 6.61 Å². The Balaban J connectivity index is 1.38. The van der Waals surface area contributed by atoms with Gasteiger partial charge in [-0.15, -0.1) is 0 Å². The van der Waals surface area contributed by atoms with Crippen LogP contribution in [0.15, 0.2) is 0 Å². The summed E-state index contributed by atoms with van der Waals surface area (Å²) in [5.41, 5.74) is 0. The molecule has 0 aromatic carbocycles. The van der Waals surface area contributed by atoms with E-state index >= 15 is 0 Å². The van der Waals surface area contributed by atoms with Crippen molar-refractivity contribution in [1.29, 1.82) is 0 Å². The highest BCUT2D eigenvalue weighted by Crippen LogP contribution is 2.56. The Kier molecular flexibility index (Phi) is 4.44. The Labute approximate surface area is 144 Å². The molecule has 134 valence electrons. The lowest BCUT2D eigenvalue weighted by Gasteiger charge is -2.54. The van der Waals surface area contributed by atoms with E-state index < -0.39 is 0 Å². The number of piperidine rings is 1. The minimum atomic E-state index is -0.355. The highest BCUT2D eigenvalue weighted by atomic mass is 16.5. The minimum absolute atomic E-state index is 0.0404. The van der Waals surface area contributed by atoms with Gasteiger partial charge in [-0.1, -0.05) is 0 Å². The fourth-order valence-electron chi connectivity index (χ4n) is 6.17. The van der Waals surface area contributed by atoms with E-state index in [1.165, 1.54) is 32.1 Å². The lowest BCUT2D eigenvalue weighted by Crippen LogP contribution is -2.56. The standard InChI is InChI=1S/C19H30N2O3/c1-2-24-19(23)20-16-4-3-5-21(11-16)18(22)17-14-7-12-6-13(9-14)10-15(17)8-12/h12-17H,2-11H2,1H3,(H,20,23)/t12?,13?,14?,15?,16-,17?/m0/s1. The molecule has 1 N–H and O–H groups in total. The summed E-state index contributed by atoms with van der Waals surface area (Å²) >= 11 is 0. The maximum absolute atomic E-state index is 13.2. The molecule has 5 rings (SSSR count). The zero-order chi connectivity index (χ0) is 16.7. The number of amides is 2. The van der Waals surface area contributed by atoms with Crippen molar-refractivity contribution in [3.05, 3.63) is 0 Å². The van der Waals surface area contributed by atoms with Crippen LogP contribution in [0.2, 0.25) is 0 Å². The summed E-state index contributed by atoms with van der Waals surface area (Å²) in [6, 6.07) is 0.0404. The first-order chi connectivity index (χ1) is 11.6. The minimum Gasteiger partial charge on any atom is -0.450 e. The van der Waals surface area contributed by atoms with Crippen LogP contribution >= 0.6 is 0 Å². The SMILES string of the molecule is CCOC(=O)N[C@H]1CCCN(C(=O)C2C3CC4CC(C3)CC2C4)C1. The van der Waals surface area contributed by atoms with E-state index in [4.69, 9.17) is 4.74 Å². The molecule has 0 radical (unpaired) electrons. The summed E-state index contributed by atoms with van der Waals surface area (Å²) in [6.45, 7) is 3.70. The first kappa shape index (κ1) is 16.2. The molecule has 1 heterocycles. The summed E-state index contributed by atoms with van der Waals surface area (Å²) in [4.78, 5) is 26.9. The van der Waals surface area contributed by atoms with Crippen molar-refractivity contribution in [2.24, 2.45) is 29.6 Å². The summed E-state index contributed by atoms with van der Waals surface area (Å²) in [7, 11) is 0. The van der Waals surface area contributed by atoms with Crippen molar-refractivity contribution >= 4 is 12.0 Å². The van der Waals surface area contributed by atoms with Crippen LogP contribution in [0.5, 0.6) is 0 Å². The summed E-state index contributed by atoms with van der Waals surface area (Å²) in [5, 5.41) is 2.92. The number of carbonyl (C=O) groups excluding carboxylic acids is 2. The smallest absolute Gasteiger partial charge is 0.407 e. The summed E-state index contributed by atoms with van der Waals surface area (Å²) < 4.78 is 4.98. The average Bonchev–Trinajstić information content (AvgIpc) is 2.54. The Morgan fingerprint density at radius 2 is 1.75 bits per heavy atom. The third-order valence-corrected chi connectivity index (χ3v) is 6.84. The van der Waals surface area contributed by atoms with Gasteiger partial charge in [0.25, 0.3) is 0 Å². The zero-order valence-corrected chi connectivity index (χ0v) is 14.7. The molecule has 0 unspecified atom stereocenters. The van der Waals surface area contributed by atoms with Crippen LogP contribution in [0.1, 0.15) is 51.9 Å². The molecule has 4 aliphatic carbocycles. The molecule has 0 spiro atoms.